The lowest BCUT2D eigenvalue weighted by atomic mass is 9.77. The third-order valence-corrected chi connectivity index (χ3v) is 12.6. The third-order valence-electron chi connectivity index (χ3n) is 10.8. The third kappa shape index (κ3) is 6.18. The first-order valence-electron chi connectivity index (χ1n) is 18.2. The number of ether oxygens (including phenoxy) is 2. The predicted octanol–water partition coefficient (Wildman–Crippen LogP) is 7.63. The summed E-state index contributed by atoms with van der Waals surface area (Å²) < 4.78 is 69.2. The summed E-state index contributed by atoms with van der Waals surface area (Å²) in [6.07, 6.45) is 0.000820. The Morgan fingerprint density at radius 3 is 2.16 bits per heavy atom. The number of nitrogens with one attached hydrogen (secondary N) is 3. The number of hydrogen-bond donors (Lipinski definition) is 3. The molecule has 55 heavy (non-hydrogen) atoms. The van der Waals surface area contributed by atoms with Gasteiger partial charge in [0.05, 0.1) is 12.7 Å². The number of carbonyl (C=O) groups is 2. The summed E-state index contributed by atoms with van der Waals surface area (Å²) in [4.78, 5) is 27.5. The van der Waals surface area contributed by atoms with Crippen LogP contribution in [0, 0.1) is 4.78 Å². The first-order chi connectivity index (χ1) is 26.6. The van der Waals surface area contributed by atoms with Gasteiger partial charge in [0.15, 0.2) is 16.0 Å². The van der Waals surface area contributed by atoms with Crippen molar-refractivity contribution in [3.8, 4) is 5.88 Å². The van der Waals surface area contributed by atoms with Crippen LogP contribution in [-0.2, 0) is 46.0 Å². The number of amides is 3. The van der Waals surface area contributed by atoms with Gasteiger partial charge in [-0.05, 0) is 71.0 Å². The zero-order valence-corrected chi connectivity index (χ0v) is 30.9. The molecule has 3 amide bonds. The fourth-order valence-electron chi connectivity index (χ4n) is 8.43. The molecule has 0 bridgehead atoms. The molecule has 1 aliphatic heterocycles. The Kier molecular flexibility index (Phi) is 9.53. The first-order valence-corrected chi connectivity index (χ1v) is 19.8. The van der Waals surface area contributed by atoms with Crippen LogP contribution in [-0.4, -0.2) is 56.6 Å². The van der Waals surface area contributed by atoms with Crippen molar-refractivity contribution in [3.63, 3.8) is 0 Å². The number of aromatic nitrogens is 2. The maximum absolute atomic E-state index is 15.9. The molecule has 3 aliphatic rings. The second kappa shape index (κ2) is 14.5. The number of alkyl halides is 2. The number of aryl methyl sites for hydroxylation is 2. The fraction of sp³-hybridized carbons (Fsp3) is 0.293. The number of carbonyl (C=O) groups excluding carboxylic acids is 2. The zero-order chi connectivity index (χ0) is 38.3. The van der Waals surface area contributed by atoms with Gasteiger partial charge >= 0.3 is 12.1 Å². The van der Waals surface area contributed by atoms with E-state index in [-0.39, 0.29) is 30.3 Å². The highest BCUT2D eigenvalue weighted by atomic mass is 32.2. The van der Waals surface area contributed by atoms with E-state index >= 15 is 9.00 Å². The minimum absolute atomic E-state index is 0.0168. The van der Waals surface area contributed by atoms with Gasteiger partial charge < -0.3 is 20.1 Å². The Morgan fingerprint density at radius 1 is 0.964 bits per heavy atom. The molecule has 0 saturated carbocycles. The maximum Gasteiger partial charge on any atom is 0.407 e. The van der Waals surface area contributed by atoms with Crippen LogP contribution in [0.1, 0.15) is 57.7 Å². The SMILES string of the molecule is CNC(=O)O[C@@H]1COc2c(S(=N)(=O)N(C(=O)Nc3c4c(cc5c3C(C(F)F)CC5)CCC4)C(c3ccccc3)(c3ccccc3)c3ccccc3)cnn2C1. The standard InChI is InChI=1S/C41H40F2N6O5S/c1-45-40(51)54-31-24-48-38(53-25-31)34(23-46-48)55(44,52)49(39(50)47-36-32-19-11-12-26(32)22-27-20-21-33(35(27)36)37(42)43)41(28-13-5-2-6-14-28,29-15-7-3-8-16-29)30-17-9-4-10-18-30/h2-10,13-18,22-23,31,33,37,44H,11-12,19-21,24-25H2,1H3,(H,45,51)(H,47,50)/t31-,33?,55?/m0/s1. The molecule has 4 aromatic carbocycles. The molecule has 3 atom stereocenters. The lowest BCUT2D eigenvalue weighted by Gasteiger charge is -2.45. The van der Waals surface area contributed by atoms with Gasteiger partial charge in [0.2, 0.25) is 12.3 Å². The van der Waals surface area contributed by atoms with E-state index in [0.717, 1.165) is 33.8 Å². The lowest BCUT2D eigenvalue weighted by Crippen LogP contribution is -2.55. The van der Waals surface area contributed by atoms with E-state index in [4.69, 9.17) is 9.47 Å². The highest BCUT2D eigenvalue weighted by molar-refractivity contribution is 7.90. The van der Waals surface area contributed by atoms with Gasteiger partial charge in [-0.1, -0.05) is 97.1 Å². The summed E-state index contributed by atoms with van der Waals surface area (Å²) in [5.74, 6) is -1.11. The molecule has 0 fully saturated rings. The predicted molar refractivity (Wildman–Crippen MR) is 202 cm³/mol. The second-order valence-corrected chi connectivity index (χ2v) is 15.8. The number of rotatable bonds is 9. The van der Waals surface area contributed by atoms with E-state index in [0.29, 0.717) is 40.8 Å². The van der Waals surface area contributed by atoms with E-state index in [1.807, 2.05) is 60.7 Å². The van der Waals surface area contributed by atoms with E-state index in [1.54, 1.807) is 36.4 Å². The zero-order valence-electron chi connectivity index (χ0n) is 30.0. The summed E-state index contributed by atoms with van der Waals surface area (Å²) in [6, 6.07) is 28.3. The Hall–Kier alpha value is -5.76. The summed E-state index contributed by atoms with van der Waals surface area (Å²) in [7, 11) is -3.05. The smallest absolute Gasteiger partial charge is 0.407 e. The molecule has 8 rings (SSSR count). The van der Waals surface area contributed by atoms with Gasteiger partial charge in [-0.2, -0.15) is 5.10 Å². The summed E-state index contributed by atoms with van der Waals surface area (Å²) in [6.45, 7) is -0.0741. The number of urea groups is 1. The van der Waals surface area contributed by atoms with Crippen LogP contribution in [0.15, 0.2) is 108 Å². The number of alkyl carbamates (subject to hydrolysis) is 1. The second-order valence-electron chi connectivity index (χ2n) is 13.9. The van der Waals surface area contributed by atoms with Crippen LogP contribution in [0.5, 0.6) is 5.88 Å². The number of halogens is 2. The quantitative estimate of drug-likeness (QED) is 0.132. The van der Waals surface area contributed by atoms with Gasteiger partial charge in [-0.15, -0.1) is 0 Å². The van der Waals surface area contributed by atoms with Gasteiger partial charge in [0.25, 0.3) is 0 Å². The Labute approximate surface area is 317 Å². The van der Waals surface area contributed by atoms with Crippen molar-refractivity contribution in [3.05, 3.63) is 142 Å². The maximum atomic E-state index is 15.9. The van der Waals surface area contributed by atoms with Crippen molar-refractivity contribution >= 4 is 27.7 Å². The van der Waals surface area contributed by atoms with Crippen molar-refractivity contribution in [1.82, 2.24) is 19.4 Å². The molecule has 14 heteroatoms. The monoisotopic (exact) mass is 766 g/mol. The molecule has 11 nitrogen and oxygen atoms in total. The van der Waals surface area contributed by atoms with E-state index in [2.05, 4.69) is 15.7 Å². The molecule has 284 valence electrons. The van der Waals surface area contributed by atoms with Crippen LogP contribution >= 0.6 is 0 Å². The van der Waals surface area contributed by atoms with Gasteiger partial charge in [-0.3, -0.25) is 0 Å². The highest BCUT2D eigenvalue weighted by Crippen LogP contribution is 2.50. The Balaban J connectivity index is 1.37. The van der Waals surface area contributed by atoms with Crippen molar-refractivity contribution in [2.24, 2.45) is 0 Å². The number of fused-ring (bicyclic) bond motifs is 3. The van der Waals surface area contributed by atoms with Gasteiger partial charge in [-0.25, -0.2) is 36.3 Å². The molecule has 1 aromatic heterocycles. The molecule has 0 saturated heterocycles. The molecule has 2 unspecified atom stereocenters. The fourth-order valence-corrected chi connectivity index (χ4v) is 10.2. The molecule has 2 aliphatic carbocycles. The van der Waals surface area contributed by atoms with Crippen molar-refractivity contribution in [1.29, 1.82) is 4.78 Å². The van der Waals surface area contributed by atoms with E-state index < -0.39 is 46.0 Å². The molecule has 2 heterocycles. The first kappa shape index (κ1) is 36.2. The number of hydrogen-bond acceptors (Lipinski definition) is 7. The van der Waals surface area contributed by atoms with Crippen LogP contribution in [0.3, 0.4) is 0 Å². The Bertz CT molecular complexity index is 2240. The molecule has 3 N–H and O–H groups in total. The molecule has 0 spiro atoms. The largest absolute Gasteiger partial charge is 0.473 e. The minimum atomic E-state index is -4.48. The normalized spacial score (nSPS) is 18.3. The van der Waals surface area contributed by atoms with E-state index in [1.165, 1.54) is 17.9 Å². The van der Waals surface area contributed by atoms with Crippen molar-refractivity contribution in [2.75, 3.05) is 19.0 Å². The summed E-state index contributed by atoms with van der Waals surface area (Å²) >= 11 is 0. The van der Waals surface area contributed by atoms with Crippen LogP contribution in [0.2, 0.25) is 0 Å². The van der Waals surface area contributed by atoms with E-state index in [9.17, 15) is 18.4 Å². The number of nitrogens with zero attached hydrogens (tertiary/aromatic N) is 3. The molecular formula is C41H40F2N6O5S. The minimum Gasteiger partial charge on any atom is -0.473 e. The number of anilines is 1. The summed E-state index contributed by atoms with van der Waals surface area (Å²) in [5.41, 5.74) is 3.11. The highest BCUT2D eigenvalue weighted by Gasteiger charge is 2.52. The average molecular weight is 767 g/mol. The summed E-state index contributed by atoms with van der Waals surface area (Å²) in [5, 5.41) is 9.84. The van der Waals surface area contributed by atoms with Crippen LogP contribution in [0.4, 0.5) is 24.1 Å². The number of benzene rings is 4. The Morgan fingerprint density at radius 2 is 1.58 bits per heavy atom. The van der Waals surface area contributed by atoms with Crippen LogP contribution < -0.4 is 15.4 Å². The topological polar surface area (TPSA) is 139 Å². The average Bonchev–Trinajstić information content (AvgIpc) is 3.97. The van der Waals surface area contributed by atoms with Crippen molar-refractivity contribution < 1.29 is 32.1 Å². The van der Waals surface area contributed by atoms with Crippen molar-refractivity contribution in [2.45, 2.75) is 67.5 Å². The van der Waals surface area contributed by atoms with Crippen LogP contribution in [0.25, 0.3) is 0 Å². The molecule has 5 aromatic rings. The molecular weight excluding hydrogens is 727 g/mol. The molecule has 0 radical (unpaired) electrons. The van der Waals surface area contributed by atoms with Gasteiger partial charge in [0.1, 0.15) is 17.0 Å². The lowest BCUT2D eigenvalue weighted by molar-refractivity contribution is 0.0300. The van der Waals surface area contributed by atoms with Gasteiger partial charge in [0, 0.05) is 18.7 Å².